The molecule has 1 atom stereocenters. The number of hydrogen-bond acceptors (Lipinski definition) is 3. The van der Waals surface area contributed by atoms with Crippen molar-refractivity contribution >= 4 is 6.03 Å². The number of carbonyl (C=O) groups excluding carboxylic acids is 1. The maximum Gasteiger partial charge on any atom is 0.318 e. The molecule has 5 nitrogen and oxygen atoms in total. The summed E-state index contributed by atoms with van der Waals surface area (Å²) in [5, 5.41) is 11.9. The summed E-state index contributed by atoms with van der Waals surface area (Å²) in [4.78, 5) is 13.8. The Labute approximate surface area is 129 Å². The third-order valence-electron chi connectivity index (χ3n) is 3.56. The number of ether oxygens (including phenoxy) is 1. The van der Waals surface area contributed by atoms with Crippen LogP contribution in [-0.4, -0.2) is 42.3 Å². The normalized spacial score (nSPS) is 16.9. The highest BCUT2D eigenvalue weighted by Gasteiger charge is 2.25. The van der Waals surface area contributed by atoms with Crippen LogP contribution < -0.4 is 10.1 Å². The SMILES string of the molecule is C=CCN(CCO)C(=O)NC1CCCOc2c(F)cccc21. The lowest BCUT2D eigenvalue weighted by Gasteiger charge is -2.25. The lowest BCUT2D eigenvalue weighted by molar-refractivity contribution is 0.180. The molecule has 0 bridgehead atoms. The van der Waals surface area contributed by atoms with Crippen LogP contribution >= 0.6 is 0 Å². The van der Waals surface area contributed by atoms with Crippen LogP contribution in [0.1, 0.15) is 24.4 Å². The van der Waals surface area contributed by atoms with E-state index in [4.69, 9.17) is 9.84 Å². The van der Waals surface area contributed by atoms with E-state index in [2.05, 4.69) is 11.9 Å². The standard InChI is InChI=1S/C16H21FN2O3/c1-2-8-19(9-10-20)16(21)18-14-7-4-11-22-15-12(14)5-3-6-13(15)17/h2-3,5-6,14,20H,1,4,7-11H2,(H,18,21). The van der Waals surface area contributed by atoms with Gasteiger partial charge in [-0.1, -0.05) is 18.2 Å². The van der Waals surface area contributed by atoms with Crippen molar-refractivity contribution in [1.82, 2.24) is 10.2 Å². The molecule has 1 unspecified atom stereocenters. The highest BCUT2D eigenvalue weighted by atomic mass is 19.1. The number of halogens is 1. The molecule has 6 heteroatoms. The molecule has 22 heavy (non-hydrogen) atoms. The number of urea groups is 1. The van der Waals surface area contributed by atoms with Crippen LogP contribution in [0.25, 0.3) is 0 Å². The Hall–Kier alpha value is -2.08. The van der Waals surface area contributed by atoms with E-state index in [1.165, 1.54) is 11.0 Å². The number of fused-ring (bicyclic) bond motifs is 1. The molecule has 0 fully saturated rings. The molecule has 2 amide bonds. The Morgan fingerprint density at radius 2 is 2.41 bits per heavy atom. The molecule has 0 saturated heterocycles. The molecular formula is C16H21FN2O3. The topological polar surface area (TPSA) is 61.8 Å². The number of aliphatic hydroxyl groups is 1. The maximum atomic E-state index is 13.9. The van der Waals surface area contributed by atoms with Crippen molar-refractivity contribution in [2.75, 3.05) is 26.3 Å². The second-order valence-corrected chi connectivity index (χ2v) is 5.11. The minimum atomic E-state index is -0.419. The number of benzene rings is 1. The summed E-state index contributed by atoms with van der Waals surface area (Å²) in [7, 11) is 0. The van der Waals surface area contributed by atoms with Crippen LogP contribution in [0.2, 0.25) is 0 Å². The van der Waals surface area contributed by atoms with Crippen LogP contribution in [0, 0.1) is 5.82 Å². The van der Waals surface area contributed by atoms with E-state index in [0.717, 1.165) is 6.42 Å². The Kier molecular flexibility index (Phi) is 5.77. The molecule has 1 aliphatic heterocycles. The van der Waals surface area contributed by atoms with Gasteiger partial charge in [-0.15, -0.1) is 6.58 Å². The molecule has 0 radical (unpaired) electrons. The lowest BCUT2D eigenvalue weighted by atomic mass is 10.0. The summed E-state index contributed by atoms with van der Waals surface area (Å²) in [5.41, 5.74) is 0.647. The largest absolute Gasteiger partial charge is 0.490 e. The van der Waals surface area contributed by atoms with Gasteiger partial charge in [0.2, 0.25) is 0 Å². The molecule has 0 saturated carbocycles. The molecular weight excluding hydrogens is 287 g/mol. The fourth-order valence-electron chi connectivity index (χ4n) is 2.51. The van der Waals surface area contributed by atoms with Crippen molar-refractivity contribution < 1.29 is 19.0 Å². The van der Waals surface area contributed by atoms with Gasteiger partial charge >= 0.3 is 6.03 Å². The van der Waals surface area contributed by atoms with Gasteiger partial charge in [-0.3, -0.25) is 0 Å². The van der Waals surface area contributed by atoms with Gasteiger partial charge in [0.1, 0.15) is 0 Å². The Balaban J connectivity index is 2.17. The van der Waals surface area contributed by atoms with Gasteiger partial charge in [-0.2, -0.15) is 0 Å². The number of nitrogens with one attached hydrogen (secondary N) is 1. The average molecular weight is 308 g/mol. The predicted molar refractivity (Wildman–Crippen MR) is 81.3 cm³/mol. The lowest BCUT2D eigenvalue weighted by Crippen LogP contribution is -2.43. The number of para-hydroxylation sites is 1. The number of nitrogens with zero attached hydrogens (tertiary/aromatic N) is 1. The number of hydrogen-bond donors (Lipinski definition) is 2. The second kappa shape index (κ2) is 7.79. The maximum absolute atomic E-state index is 13.9. The van der Waals surface area contributed by atoms with E-state index >= 15 is 0 Å². The van der Waals surface area contributed by atoms with Crippen molar-refractivity contribution in [2.45, 2.75) is 18.9 Å². The van der Waals surface area contributed by atoms with Crippen LogP contribution in [0.3, 0.4) is 0 Å². The third-order valence-corrected chi connectivity index (χ3v) is 3.56. The van der Waals surface area contributed by atoms with Gasteiger partial charge in [0.05, 0.1) is 19.3 Å². The molecule has 1 aromatic rings. The van der Waals surface area contributed by atoms with Gasteiger partial charge in [-0.05, 0) is 18.9 Å². The molecule has 0 aromatic heterocycles. The van der Waals surface area contributed by atoms with Crippen LogP contribution in [0.5, 0.6) is 5.75 Å². The first-order valence-electron chi connectivity index (χ1n) is 7.35. The summed E-state index contributed by atoms with van der Waals surface area (Å²) in [5.74, 6) is -0.209. The number of aliphatic hydroxyl groups excluding tert-OH is 1. The van der Waals surface area contributed by atoms with Crippen LogP contribution in [0.15, 0.2) is 30.9 Å². The quantitative estimate of drug-likeness (QED) is 0.820. The summed E-state index contributed by atoms with van der Waals surface area (Å²) in [6.45, 7) is 4.46. The molecule has 1 aliphatic rings. The Bertz CT molecular complexity index is 536. The highest BCUT2D eigenvalue weighted by Crippen LogP contribution is 2.33. The van der Waals surface area contributed by atoms with E-state index in [9.17, 15) is 9.18 Å². The Morgan fingerprint density at radius 3 is 3.14 bits per heavy atom. The first-order valence-corrected chi connectivity index (χ1v) is 7.35. The third kappa shape index (κ3) is 3.76. The summed E-state index contributed by atoms with van der Waals surface area (Å²) >= 11 is 0. The monoisotopic (exact) mass is 308 g/mol. The second-order valence-electron chi connectivity index (χ2n) is 5.11. The summed E-state index contributed by atoms with van der Waals surface area (Å²) < 4.78 is 19.3. The fraction of sp³-hybridized carbons (Fsp3) is 0.438. The number of rotatable bonds is 5. The number of carbonyl (C=O) groups is 1. The van der Waals surface area contributed by atoms with Crippen LogP contribution in [0.4, 0.5) is 9.18 Å². The van der Waals surface area contributed by atoms with E-state index in [1.54, 1.807) is 18.2 Å². The summed E-state index contributed by atoms with van der Waals surface area (Å²) in [6.07, 6.45) is 2.99. The minimum absolute atomic E-state index is 0.125. The minimum Gasteiger partial charge on any atom is -0.490 e. The molecule has 0 spiro atoms. The van der Waals surface area contributed by atoms with E-state index in [-0.39, 0.29) is 31.0 Å². The van der Waals surface area contributed by atoms with Gasteiger partial charge in [0.15, 0.2) is 11.6 Å². The van der Waals surface area contributed by atoms with Crippen molar-refractivity contribution in [3.63, 3.8) is 0 Å². The molecule has 2 N–H and O–H groups in total. The average Bonchev–Trinajstić information content (AvgIpc) is 2.71. The van der Waals surface area contributed by atoms with Crippen LogP contribution in [-0.2, 0) is 0 Å². The first-order chi connectivity index (χ1) is 10.7. The van der Waals surface area contributed by atoms with Gasteiger partial charge in [0.25, 0.3) is 0 Å². The first kappa shape index (κ1) is 16.3. The zero-order valence-electron chi connectivity index (χ0n) is 12.4. The smallest absolute Gasteiger partial charge is 0.318 e. The predicted octanol–water partition coefficient (Wildman–Crippen LogP) is 2.23. The zero-order valence-corrected chi connectivity index (χ0v) is 12.4. The molecule has 120 valence electrons. The van der Waals surface area contributed by atoms with Crippen molar-refractivity contribution in [3.8, 4) is 5.75 Å². The van der Waals surface area contributed by atoms with Crippen molar-refractivity contribution in [1.29, 1.82) is 0 Å². The van der Waals surface area contributed by atoms with Gasteiger partial charge in [-0.25, -0.2) is 9.18 Å². The Morgan fingerprint density at radius 1 is 1.59 bits per heavy atom. The fourth-order valence-corrected chi connectivity index (χ4v) is 2.51. The van der Waals surface area contributed by atoms with E-state index in [1.807, 2.05) is 0 Å². The zero-order chi connectivity index (χ0) is 15.9. The molecule has 1 heterocycles. The number of amides is 2. The molecule has 0 aliphatic carbocycles. The van der Waals surface area contributed by atoms with Crippen molar-refractivity contribution in [3.05, 3.63) is 42.2 Å². The molecule has 1 aromatic carbocycles. The van der Waals surface area contributed by atoms with E-state index < -0.39 is 5.82 Å². The van der Waals surface area contributed by atoms with Gasteiger partial charge < -0.3 is 20.1 Å². The van der Waals surface area contributed by atoms with Crippen molar-refractivity contribution in [2.24, 2.45) is 0 Å². The van der Waals surface area contributed by atoms with E-state index in [0.29, 0.717) is 25.1 Å². The molecule has 2 rings (SSSR count). The highest BCUT2D eigenvalue weighted by molar-refractivity contribution is 5.75. The summed E-state index contributed by atoms with van der Waals surface area (Å²) in [6, 6.07) is 4.09. The van der Waals surface area contributed by atoms with Gasteiger partial charge in [0, 0.05) is 18.7 Å².